The standard InChI is InChI=1S/C18H18N4O3/c1-11-5-6-14(9-12(11)2)20-15(23)10-25-18(24)16-13(3)21-22-8-4-7-19-17(16)22/h4-9H,10H2,1-3H3,(H,20,23). The van der Waals surface area contributed by atoms with Gasteiger partial charge in [0.2, 0.25) is 0 Å². The number of ether oxygens (including phenoxy) is 1. The minimum atomic E-state index is -0.624. The first-order valence-electron chi connectivity index (χ1n) is 7.80. The molecule has 3 aromatic rings. The smallest absolute Gasteiger partial charge is 0.344 e. The number of esters is 1. The summed E-state index contributed by atoms with van der Waals surface area (Å²) < 4.78 is 6.62. The number of nitrogens with one attached hydrogen (secondary N) is 1. The van der Waals surface area contributed by atoms with Crippen molar-refractivity contribution in [1.29, 1.82) is 0 Å². The van der Waals surface area contributed by atoms with Gasteiger partial charge in [-0.3, -0.25) is 4.79 Å². The van der Waals surface area contributed by atoms with E-state index in [1.807, 2.05) is 26.0 Å². The molecule has 3 rings (SSSR count). The van der Waals surface area contributed by atoms with Crippen LogP contribution in [0.4, 0.5) is 5.69 Å². The molecule has 128 valence electrons. The van der Waals surface area contributed by atoms with Crippen molar-refractivity contribution >= 4 is 23.2 Å². The maximum absolute atomic E-state index is 12.3. The van der Waals surface area contributed by atoms with Crippen LogP contribution in [0.15, 0.2) is 36.7 Å². The number of anilines is 1. The van der Waals surface area contributed by atoms with Crippen LogP contribution in [-0.2, 0) is 9.53 Å². The zero-order valence-corrected chi connectivity index (χ0v) is 14.2. The molecule has 0 unspecified atom stereocenters. The number of hydrogen-bond acceptors (Lipinski definition) is 5. The molecule has 1 amide bonds. The van der Waals surface area contributed by atoms with Gasteiger partial charge < -0.3 is 10.1 Å². The average molecular weight is 338 g/mol. The molecule has 0 saturated carbocycles. The molecule has 1 aromatic carbocycles. The third-order valence-electron chi connectivity index (χ3n) is 3.90. The number of hydrogen-bond donors (Lipinski definition) is 1. The Morgan fingerprint density at radius 1 is 1.20 bits per heavy atom. The molecule has 0 saturated heterocycles. The van der Waals surface area contributed by atoms with Crippen molar-refractivity contribution in [1.82, 2.24) is 14.6 Å². The van der Waals surface area contributed by atoms with E-state index < -0.39 is 11.9 Å². The van der Waals surface area contributed by atoms with Crippen molar-refractivity contribution in [2.75, 3.05) is 11.9 Å². The largest absolute Gasteiger partial charge is 0.452 e. The molecule has 2 aromatic heterocycles. The second-order valence-electron chi connectivity index (χ2n) is 5.77. The van der Waals surface area contributed by atoms with E-state index in [9.17, 15) is 9.59 Å². The molecule has 0 spiro atoms. The Bertz CT molecular complexity index is 962. The van der Waals surface area contributed by atoms with Crippen molar-refractivity contribution in [3.05, 3.63) is 59.0 Å². The summed E-state index contributed by atoms with van der Waals surface area (Å²) in [6, 6.07) is 7.31. The lowest BCUT2D eigenvalue weighted by atomic mass is 10.1. The molecule has 0 atom stereocenters. The van der Waals surface area contributed by atoms with Gasteiger partial charge in [-0.25, -0.2) is 14.3 Å². The predicted octanol–water partition coefficient (Wildman–Crippen LogP) is 2.45. The van der Waals surface area contributed by atoms with Gasteiger partial charge in [0, 0.05) is 18.1 Å². The van der Waals surface area contributed by atoms with Crippen LogP contribution >= 0.6 is 0 Å². The second-order valence-corrected chi connectivity index (χ2v) is 5.77. The molecule has 0 aliphatic carbocycles. The molecule has 0 aliphatic rings. The minimum absolute atomic E-state index is 0.264. The van der Waals surface area contributed by atoms with Crippen LogP contribution in [0.3, 0.4) is 0 Å². The summed E-state index contributed by atoms with van der Waals surface area (Å²) in [6.07, 6.45) is 3.26. The van der Waals surface area contributed by atoms with Crippen LogP contribution in [0, 0.1) is 20.8 Å². The lowest BCUT2D eigenvalue weighted by Gasteiger charge is -2.08. The van der Waals surface area contributed by atoms with Crippen LogP contribution in [0.1, 0.15) is 27.2 Å². The van der Waals surface area contributed by atoms with E-state index in [-0.39, 0.29) is 12.2 Å². The molecule has 25 heavy (non-hydrogen) atoms. The highest BCUT2D eigenvalue weighted by molar-refractivity contribution is 5.99. The molecule has 7 nitrogen and oxygen atoms in total. The molecule has 0 aliphatic heterocycles. The van der Waals surface area contributed by atoms with E-state index in [0.29, 0.717) is 17.0 Å². The molecule has 0 bridgehead atoms. The number of aryl methyl sites for hydroxylation is 3. The van der Waals surface area contributed by atoms with E-state index >= 15 is 0 Å². The fourth-order valence-corrected chi connectivity index (χ4v) is 2.46. The fraction of sp³-hybridized carbons (Fsp3) is 0.222. The number of fused-ring (bicyclic) bond motifs is 1. The predicted molar refractivity (Wildman–Crippen MR) is 92.6 cm³/mol. The minimum Gasteiger partial charge on any atom is -0.452 e. The molecular formula is C18H18N4O3. The van der Waals surface area contributed by atoms with E-state index in [1.165, 1.54) is 4.52 Å². The van der Waals surface area contributed by atoms with Crippen LogP contribution in [0.25, 0.3) is 5.65 Å². The molecule has 7 heteroatoms. The Morgan fingerprint density at radius 2 is 2.00 bits per heavy atom. The van der Waals surface area contributed by atoms with Gasteiger partial charge in [-0.2, -0.15) is 5.10 Å². The number of amides is 1. The SMILES string of the molecule is Cc1ccc(NC(=O)COC(=O)c2c(C)nn3cccnc23)cc1C. The molecule has 0 fully saturated rings. The summed E-state index contributed by atoms with van der Waals surface area (Å²) in [6.45, 7) is 5.27. The van der Waals surface area contributed by atoms with Crippen molar-refractivity contribution in [2.45, 2.75) is 20.8 Å². The van der Waals surface area contributed by atoms with Crippen molar-refractivity contribution in [3.63, 3.8) is 0 Å². The highest BCUT2D eigenvalue weighted by Gasteiger charge is 2.20. The van der Waals surface area contributed by atoms with Crippen LogP contribution < -0.4 is 5.32 Å². The summed E-state index contributed by atoms with van der Waals surface area (Å²) in [5, 5.41) is 6.91. The average Bonchev–Trinajstić information content (AvgIpc) is 2.92. The van der Waals surface area contributed by atoms with Crippen molar-refractivity contribution < 1.29 is 14.3 Å². The Hall–Kier alpha value is -3.22. The van der Waals surface area contributed by atoms with Gasteiger partial charge in [0.25, 0.3) is 5.91 Å². The molecular weight excluding hydrogens is 320 g/mol. The van der Waals surface area contributed by atoms with Gasteiger partial charge in [0.1, 0.15) is 5.56 Å². The maximum Gasteiger partial charge on any atom is 0.344 e. The van der Waals surface area contributed by atoms with E-state index in [2.05, 4.69) is 15.4 Å². The first kappa shape index (κ1) is 16.6. The number of rotatable bonds is 4. The number of carbonyl (C=O) groups excluding carboxylic acids is 2. The van der Waals surface area contributed by atoms with Crippen molar-refractivity contribution in [3.8, 4) is 0 Å². The van der Waals surface area contributed by atoms with Crippen molar-refractivity contribution in [2.24, 2.45) is 0 Å². The van der Waals surface area contributed by atoms with Gasteiger partial charge in [0.05, 0.1) is 5.69 Å². The summed E-state index contributed by atoms with van der Waals surface area (Å²) in [4.78, 5) is 28.4. The van der Waals surface area contributed by atoms with Gasteiger partial charge in [-0.1, -0.05) is 6.07 Å². The third-order valence-corrected chi connectivity index (χ3v) is 3.90. The Balaban J connectivity index is 1.66. The monoisotopic (exact) mass is 338 g/mol. The van der Waals surface area contributed by atoms with Gasteiger partial charge in [0.15, 0.2) is 12.3 Å². The topological polar surface area (TPSA) is 85.6 Å². The highest BCUT2D eigenvalue weighted by atomic mass is 16.5. The lowest BCUT2D eigenvalue weighted by Crippen LogP contribution is -2.21. The molecule has 0 radical (unpaired) electrons. The van der Waals surface area contributed by atoms with Gasteiger partial charge in [-0.15, -0.1) is 0 Å². The molecule has 2 heterocycles. The number of nitrogens with zero attached hydrogens (tertiary/aromatic N) is 3. The third kappa shape index (κ3) is 3.50. The first-order chi connectivity index (χ1) is 12.0. The zero-order chi connectivity index (χ0) is 18.0. The summed E-state index contributed by atoms with van der Waals surface area (Å²) in [5.74, 6) is -1.03. The zero-order valence-electron chi connectivity index (χ0n) is 14.2. The maximum atomic E-state index is 12.3. The normalized spacial score (nSPS) is 10.7. The van der Waals surface area contributed by atoms with E-state index in [0.717, 1.165) is 11.1 Å². The summed E-state index contributed by atoms with van der Waals surface area (Å²) in [5.41, 5.74) is 4.04. The Kier molecular flexibility index (Phi) is 4.47. The number of carbonyl (C=O) groups is 2. The number of benzene rings is 1. The fourth-order valence-electron chi connectivity index (χ4n) is 2.46. The Morgan fingerprint density at radius 3 is 2.76 bits per heavy atom. The van der Waals surface area contributed by atoms with E-state index in [1.54, 1.807) is 31.5 Å². The van der Waals surface area contributed by atoms with Gasteiger partial charge in [-0.05, 0) is 50.1 Å². The van der Waals surface area contributed by atoms with Crippen LogP contribution in [0.2, 0.25) is 0 Å². The Labute approximate surface area is 144 Å². The van der Waals surface area contributed by atoms with Gasteiger partial charge >= 0.3 is 5.97 Å². The quantitative estimate of drug-likeness (QED) is 0.739. The summed E-state index contributed by atoms with van der Waals surface area (Å²) >= 11 is 0. The molecule has 1 N–H and O–H groups in total. The highest BCUT2D eigenvalue weighted by Crippen LogP contribution is 2.15. The van der Waals surface area contributed by atoms with E-state index in [4.69, 9.17) is 4.74 Å². The first-order valence-corrected chi connectivity index (χ1v) is 7.80. The summed E-state index contributed by atoms with van der Waals surface area (Å²) in [7, 11) is 0. The second kappa shape index (κ2) is 6.72. The van der Waals surface area contributed by atoms with Crippen LogP contribution in [-0.4, -0.2) is 33.1 Å². The van der Waals surface area contributed by atoms with Crippen LogP contribution in [0.5, 0.6) is 0 Å². The lowest BCUT2D eigenvalue weighted by molar-refractivity contribution is -0.119. The number of aromatic nitrogens is 3.